The van der Waals surface area contributed by atoms with Crippen LogP contribution in [0.1, 0.15) is 40.0 Å². The van der Waals surface area contributed by atoms with Crippen LogP contribution in [0.2, 0.25) is 0 Å². The molecule has 2 rings (SSSR count). The molecule has 0 radical (unpaired) electrons. The van der Waals surface area contributed by atoms with Crippen molar-refractivity contribution < 1.29 is 23.9 Å². The molecule has 1 N–H and O–H groups in total. The van der Waals surface area contributed by atoms with Gasteiger partial charge in [-0.3, -0.25) is 9.59 Å². The van der Waals surface area contributed by atoms with Crippen molar-refractivity contribution in [2.24, 2.45) is 21.8 Å². The van der Waals surface area contributed by atoms with E-state index in [0.29, 0.717) is 5.92 Å². The van der Waals surface area contributed by atoms with Gasteiger partial charge in [0.25, 0.3) is 5.91 Å². The van der Waals surface area contributed by atoms with Crippen LogP contribution in [0.25, 0.3) is 0 Å². The van der Waals surface area contributed by atoms with E-state index in [1.165, 1.54) is 20.6 Å². The molecule has 0 saturated heterocycles. The standard InChI is InChI=1S/C17H27N3O5/c1-16(2)11-6-7-17(16,3)12(8-11)18-19-13(21)10-25-14(22)9-20(4)15(23)24-5/h11H,6-10H2,1-5H3,(H,19,21)/b18-12+. The van der Waals surface area contributed by atoms with E-state index >= 15 is 0 Å². The quantitative estimate of drug-likeness (QED) is 0.597. The molecular formula is C17H27N3O5. The summed E-state index contributed by atoms with van der Waals surface area (Å²) in [5.41, 5.74) is 3.68. The van der Waals surface area contributed by atoms with Gasteiger partial charge in [0.05, 0.1) is 7.11 Å². The smallest absolute Gasteiger partial charge is 0.409 e. The van der Waals surface area contributed by atoms with Gasteiger partial charge in [0.15, 0.2) is 6.61 Å². The SMILES string of the molecule is COC(=O)N(C)CC(=O)OCC(=O)N/N=C1\CC2CCC1(C)C2(C)C. The summed E-state index contributed by atoms with van der Waals surface area (Å²) in [4.78, 5) is 35.7. The maximum atomic E-state index is 11.9. The van der Waals surface area contributed by atoms with Crippen molar-refractivity contribution in [3.63, 3.8) is 0 Å². The summed E-state index contributed by atoms with van der Waals surface area (Å²) in [5.74, 6) is -0.589. The maximum Gasteiger partial charge on any atom is 0.409 e. The number of rotatable bonds is 5. The second-order valence-corrected chi connectivity index (χ2v) is 7.57. The number of nitrogens with one attached hydrogen (secondary N) is 1. The van der Waals surface area contributed by atoms with E-state index < -0.39 is 24.6 Å². The van der Waals surface area contributed by atoms with Crippen molar-refractivity contribution in [3.05, 3.63) is 0 Å². The fourth-order valence-electron chi connectivity index (χ4n) is 3.87. The van der Waals surface area contributed by atoms with E-state index in [1.807, 2.05) is 0 Å². The molecule has 2 saturated carbocycles. The molecule has 0 heterocycles. The third kappa shape index (κ3) is 3.62. The Morgan fingerprint density at radius 1 is 1.32 bits per heavy atom. The van der Waals surface area contributed by atoms with Crippen molar-refractivity contribution in [1.82, 2.24) is 10.3 Å². The number of fused-ring (bicyclic) bond motifs is 2. The lowest BCUT2D eigenvalue weighted by atomic mass is 9.70. The monoisotopic (exact) mass is 353 g/mol. The predicted molar refractivity (Wildman–Crippen MR) is 90.8 cm³/mol. The average Bonchev–Trinajstić information content (AvgIpc) is 2.90. The van der Waals surface area contributed by atoms with Crippen LogP contribution in [0.5, 0.6) is 0 Å². The summed E-state index contributed by atoms with van der Waals surface area (Å²) in [6.45, 7) is 5.99. The second kappa shape index (κ2) is 7.01. The Morgan fingerprint density at radius 3 is 2.52 bits per heavy atom. The Balaban J connectivity index is 1.80. The molecule has 2 fully saturated rings. The van der Waals surface area contributed by atoms with Gasteiger partial charge in [0, 0.05) is 18.2 Å². The minimum Gasteiger partial charge on any atom is -0.454 e. The Kier molecular flexibility index (Phi) is 5.39. The number of nitrogens with zero attached hydrogens (tertiary/aromatic N) is 2. The number of hydrogen-bond acceptors (Lipinski definition) is 6. The highest BCUT2D eigenvalue weighted by atomic mass is 16.6. The molecule has 8 nitrogen and oxygen atoms in total. The van der Waals surface area contributed by atoms with Crippen LogP contribution < -0.4 is 5.43 Å². The lowest BCUT2D eigenvalue weighted by Gasteiger charge is -2.34. The minimum absolute atomic E-state index is 0.00481. The molecule has 25 heavy (non-hydrogen) atoms. The van der Waals surface area contributed by atoms with Crippen LogP contribution in [0.3, 0.4) is 0 Å². The average molecular weight is 353 g/mol. The Labute approximate surface area is 147 Å². The zero-order valence-electron chi connectivity index (χ0n) is 15.5. The molecule has 0 aromatic carbocycles. The molecule has 8 heteroatoms. The molecule has 2 atom stereocenters. The van der Waals surface area contributed by atoms with Gasteiger partial charge < -0.3 is 14.4 Å². The van der Waals surface area contributed by atoms with E-state index in [1.54, 1.807) is 0 Å². The largest absolute Gasteiger partial charge is 0.454 e. The summed E-state index contributed by atoms with van der Waals surface area (Å²) in [6, 6.07) is 0. The maximum absolute atomic E-state index is 11.9. The summed E-state index contributed by atoms with van der Waals surface area (Å²) in [5, 5.41) is 4.29. The summed E-state index contributed by atoms with van der Waals surface area (Å²) < 4.78 is 9.31. The first-order valence-electron chi connectivity index (χ1n) is 8.42. The highest BCUT2D eigenvalue weighted by Crippen LogP contribution is 2.63. The Morgan fingerprint density at radius 2 is 2.00 bits per heavy atom. The molecule has 2 aliphatic rings. The Bertz CT molecular complexity index is 601. The van der Waals surface area contributed by atoms with Crippen LogP contribution in [0, 0.1) is 16.7 Å². The lowest BCUT2D eigenvalue weighted by Crippen LogP contribution is -2.36. The number of carbonyl (C=O) groups is 3. The van der Waals surface area contributed by atoms with Crippen molar-refractivity contribution in [3.8, 4) is 0 Å². The number of amides is 2. The van der Waals surface area contributed by atoms with Crippen molar-refractivity contribution >= 4 is 23.7 Å². The van der Waals surface area contributed by atoms with Gasteiger partial charge in [0.1, 0.15) is 6.54 Å². The highest BCUT2D eigenvalue weighted by molar-refractivity contribution is 5.95. The van der Waals surface area contributed by atoms with Gasteiger partial charge in [-0.15, -0.1) is 0 Å². The van der Waals surface area contributed by atoms with Crippen LogP contribution in [-0.4, -0.2) is 55.9 Å². The number of carbonyl (C=O) groups excluding carboxylic acids is 3. The zero-order chi connectivity index (χ0) is 18.8. The van der Waals surface area contributed by atoms with Crippen LogP contribution in [0.15, 0.2) is 5.10 Å². The number of hydrogen-bond donors (Lipinski definition) is 1. The van der Waals surface area contributed by atoms with E-state index in [4.69, 9.17) is 4.74 Å². The Hall–Kier alpha value is -2.12. The highest BCUT2D eigenvalue weighted by Gasteiger charge is 2.60. The molecular weight excluding hydrogens is 326 g/mol. The first-order chi connectivity index (χ1) is 11.6. The van der Waals surface area contributed by atoms with E-state index in [-0.39, 0.29) is 17.4 Å². The van der Waals surface area contributed by atoms with E-state index in [2.05, 4.69) is 36.0 Å². The summed E-state index contributed by atoms with van der Waals surface area (Å²) >= 11 is 0. The molecule has 0 aliphatic heterocycles. The molecule has 140 valence electrons. The number of hydrazone groups is 1. The summed E-state index contributed by atoms with van der Waals surface area (Å²) in [7, 11) is 2.62. The first kappa shape index (κ1) is 19.2. The fraction of sp³-hybridized carbons (Fsp3) is 0.765. The van der Waals surface area contributed by atoms with Gasteiger partial charge >= 0.3 is 12.1 Å². The van der Waals surface area contributed by atoms with Crippen molar-refractivity contribution in [2.45, 2.75) is 40.0 Å². The number of ether oxygens (including phenoxy) is 2. The second-order valence-electron chi connectivity index (χ2n) is 7.57. The van der Waals surface area contributed by atoms with Crippen LogP contribution in [0.4, 0.5) is 4.79 Å². The lowest BCUT2D eigenvalue weighted by molar-refractivity contribution is -0.149. The third-order valence-electron chi connectivity index (χ3n) is 6.04. The van der Waals surface area contributed by atoms with Gasteiger partial charge in [-0.2, -0.15) is 5.10 Å². The molecule has 2 amide bonds. The molecule has 2 unspecified atom stereocenters. The van der Waals surface area contributed by atoms with Crippen molar-refractivity contribution in [1.29, 1.82) is 0 Å². The predicted octanol–water partition coefficient (Wildman–Crippen LogP) is 1.55. The summed E-state index contributed by atoms with van der Waals surface area (Å²) in [6.07, 6.45) is 2.52. The topological polar surface area (TPSA) is 97.3 Å². The van der Waals surface area contributed by atoms with Crippen LogP contribution >= 0.6 is 0 Å². The number of esters is 1. The molecule has 2 bridgehead atoms. The molecule has 0 aromatic heterocycles. The van der Waals surface area contributed by atoms with E-state index in [9.17, 15) is 14.4 Å². The number of likely N-dealkylation sites (N-methyl/N-ethyl adjacent to an activating group) is 1. The molecule has 0 aromatic rings. The van der Waals surface area contributed by atoms with Crippen LogP contribution in [-0.2, 0) is 19.1 Å². The zero-order valence-corrected chi connectivity index (χ0v) is 15.5. The normalized spacial score (nSPS) is 27.9. The first-order valence-corrected chi connectivity index (χ1v) is 8.42. The molecule has 2 aliphatic carbocycles. The number of methoxy groups -OCH3 is 1. The third-order valence-corrected chi connectivity index (χ3v) is 6.04. The molecule has 0 spiro atoms. The van der Waals surface area contributed by atoms with Crippen molar-refractivity contribution in [2.75, 3.05) is 27.3 Å². The van der Waals surface area contributed by atoms with E-state index in [0.717, 1.165) is 23.5 Å². The fourth-order valence-corrected chi connectivity index (χ4v) is 3.87. The van der Waals surface area contributed by atoms with Gasteiger partial charge in [-0.1, -0.05) is 20.8 Å². The van der Waals surface area contributed by atoms with Gasteiger partial charge in [0.2, 0.25) is 0 Å². The van der Waals surface area contributed by atoms with Gasteiger partial charge in [-0.25, -0.2) is 10.2 Å². The van der Waals surface area contributed by atoms with Gasteiger partial charge in [-0.05, 0) is 30.6 Å². The minimum atomic E-state index is -0.691.